The first kappa shape index (κ1) is 18.0. The van der Waals surface area contributed by atoms with Crippen molar-refractivity contribution in [1.82, 2.24) is 19.8 Å². The molecule has 1 atom stereocenters. The number of nitrogens with zero attached hydrogens (tertiary/aromatic N) is 2. The molecule has 136 valence electrons. The van der Waals surface area contributed by atoms with Gasteiger partial charge in [0.05, 0.1) is 11.0 Å². The van der Waals surface area contributed by atoms with Crippen LogP contribution in [0, 0.1) is 5.92 Å². The van der Waals surface area contributed by atoms with E-state index in [0.717, 1.165) is 56.5 Å². The molecule has 0 bridgehead atoms. The highest BCUT2D eigenvalue weighted by Crippen LogP contribution is 2.26. The largest absolute Gasteiger partial charge is 0.343 e. The second-order valence-electron chi connectivity index (χ2n) is 6.99. The summed E-state index contributed by atoms with van der Waals surface area (Å²) < 4.78 is 1.87. The lowest BCUT2D eigenvalue weighted by molar-refractivity contribution is -0.133. The molecular weight excluding hydrogens is 340 g/mol. The zero-order valence-electron chi connectivity index (χ0n) is 14.2. The maximum atomic E-state index is 12.5. The number of aromatic nitrogens is 2. The minimum absolute atomic E-state index is 0. The van der Waals surface area contributed by atoms with Crippen molar-refractivity contribution in [1.29, 1.82) is 0 Å². The summed E-state index contributed by atoms with van der Waals surface area (Å²) in [6.45, 7) is 3.49. The molecule has 0 spiro atoms. The van der Waals surface area contributed by atoms with E-state index in [1.807, 2.05) is 33.7 Å². The van der Waals surface area contributed by atoms with Gasteiger partial charge in [-0.25, -0.2) is 4.79 Å². The molecule has 0 aliphatic carbocycles. The molecule has 3 heterocycles. The summed E-state index contributed by atoms with van der Waals surface area (Å²) in [5.41, 5.74) is 1.80. The zero-order valence-corrected chi connectivity index (χ0v) is 15.1. The van der Waals surface area contributed by atoms with Crippen LogP contribution in [0.15, 0.2) is 29.1 Å². The van der Waals surface area contributed by atoms with Crippen molar-refractivity contribution in [3.8, 4) is 0 Å². The van der Waals surface area contributed by atoms with Crippen LogP contribution in [0.3, 0.4) is 0 Å². The fraction of sp³-hybridized carbons (Fsp3) is 0.556. The standard InChI is InChI=1S/C18H24N4O2.ClH/c23-17(11-13-5-8-19-12-13)21-9-6-14(7-10-21)22-16-4-2-1-3-15(16)20-18(22)24;/h1-4,13-14,19H,5-12H2,(H,20,24);1H. The number of aromatic amines is 1. The number of hydrogen-bond donors (Lipinski definition) is 2. The number of nitrogens with one attached hydrogen (secondary N) is 2. The SMILES string of the molecule is Cl.O=C(CC1CCNC1)N1CCC(n2c(=O)[nH]c3ccccc32)CC1. The predicted molar refractivity (Wildman–Crippen MR) is 100 cm³/mol. The molecule has 7 heteroatoms. The zero-order chi connectivity index (χ0) is 16.5. The van der Waals surface area contributed by atoms with Gasteiger partial charge in [-0.3, -0.25) is 9.36 Å². The number of carbonyl (C=O) groups excluding carboxylic acids is 1. The Hall–Kier alpha value is -1.79. The summed E-state index contributed by atoms with van der Waals surface area (Å²) in [6, 6.07) is 7.98. The third-order valence-electron chi connectivity index (χ3n) is 5.43. The average Bonchev–Trinajstić information content (AvgIpc) is 3.21. The molecule has 2 N–H and O–H groups in total. The van der Waals surface area contributed by atoms with Crippen LogP contribution in [0.1, 0.15) is 31.7 Å². The Morgan fingerprint density at radius 2 is 1.92 bits per heavy atom. The van der Waals surface area contributed by atoms with Gasteiger partial charge in [0.2, 0.25) is 5.91 Å². The van der Waals surface area contributed by atoms with Gasteiger partial charge in [-0.05, 0) is 50.4 Å². The van der Waals surface area contributed by atoms with E-state index in [-0.39, 0.29) is 30.0 Å². The Morgan fingerprint density at radius 3 is 2.64 bits per heavy atom. The Labute approximate surface area is 153 Å². The van der Waals surface area contributed by atoms with E-state index >= 15 is 0 Å². The maximum absolute atomic E-state index is 12.5. The molecule has 2 saturated heterocycles. The van der Waals surface area contributed by atoms with E-state index in [9.17, 15) is 9.59 Å². The van der Waals surface area contributed by atoms with Crippen LogP contribution in [-0.2, 0) is 4.79 Å². The number of H-pyrrole nitrogens is 1. The first-order valence-electron chi connectivity index (χ1n) is 8.90. The van der Waals surface area contributed by atoms with Crippen molar-refractivity contribution in [2.24, 2.45) is 5.92 Å². The van der Waals surface area contributed by atoms with Gasteiger partial charge >= 0.3 is 5.69 Å². The molecule has 1 aromatic carbocycles. The quantitative estimate of drug-likeness (QED) is 0.874. The first-order valence-corrected chi connectivity index (χ1v) is 8.90. The topological polar surface area (TPSA) is 70.1 Å². The molecule has 1 amide bonds. The molecular formula is C18H25ClN4O2. The summed E-state index contributed by atoms with van der Waals surface area (Å²) >= 11 is 0. The van der Waals surface area contributed by atoms with Gasteiger partial charge in [0.15, 0.2) is 0 Å². The van der Waals surface area contributed by atoms with Gasteiger partial charge in [-0.2, -0.15) is 0 Å². The molecule has 2 aliphatic heterocycles. The summed E-state index contributed by atoms with van der Waals surface area (Å²) in [4.78, 5) is 29.7. The minimum atomic E-state index is -0.0435. The van der Waals surface area contributed by atoms with E-state index in [1.165, 1.54) is 0 Å². The highest BCUT2D eigenvalue weighted by atomic mass is 35.5. The first-order chi connectivity index (χ1) is 11.7. The fourth-order valence-electron chi connectivity index (χ4n) is 4.07. The molecule has 25 heavy (non-hydrogen) atoms. The van der Waals surface area contributed by atoms with E-state index in [2.05, 4.69) is 10.3 Å². The van der Waals surface area contributed by atoms with E-state index in [1.54, 1.807) is 0 Å². The highest BCUT2D eigenvalue weighted by Gasteiger charge is 2.27. The van der Waals surface area contributed by atoms with Gasteiger partial charge in [-0.15, -0.1) is 12.4 Å². The van der Waals surface area contributed by atoms with Crippen LogP contribution >= 0.6 is 12.4 Å². The number of halogens is 1. The van der Waals surface area contributed by atoms with Crippen molar-refractivity contribution in [2.45, 2.75) is 31.7 Å². The van der Waals surface area contributed by atoms with Crippen LogP contribution in [0.2, 0.25) is 0 Å². The number of rotatable bonds is 3. The number of benzene rings is 1. The van der Waals surface area contributed by atoms with Crippen LogP contribution in [-0.4, -0.2) is 46.5 Å². The molecule has 1 aromatic heterocycles. The number of piperidine rings is 1. The van der Waals surface area contributed by atoms with E-state index in [0.29, 0.717) is 12.3 Å². The molecule has 6 nitrogen and oxygen atoms in total. The number of hydrogen-bond acceptors (Lipinski definition) is 3. The van der Waals surface area contributed by atoms with Crippen molar-refractivity contribution < 1.29 is 4.79 Å². The van der Waals surface area contributed by atoms with Crippen LogP contribution in [0.4, 0.5) is 0 Å². The number of fused-ring (bicyclic) bond motifs is 1. The number of amides is 1. The Balaban J connectivity index is 0.00000182. The van der Waals surface area contributed by atoms with E-state index < -0.39 is 0 Å². The predicted octanol–water partition coefficient (Wildman–Crippen LogP) is 1.91. The average molecular weight is 365 g/mol. The summed E-state index contributed by atoms with van der Waals surface area (Å²) in [7, 11) is 0. The number of para-hydroxylation sites is 2. The molecule has 1 unspecified atom stereocenters. The second kappa shape index (κ2) is 7.62. The molecule has 2 aromatic rings. The van der Waals surface area contributed by atoms with Crippen LogP contribution in [0.25, 0.3) is 11.0 Å². The lowest BCUT2D eigenvalue weighted by atomic mass is 10.0. The van der Waals surface area contributed by atoms with E-state index in [4.69, 9.17) is 0 Å². The van der Waals surface area contributed by atoms with Gasteiger partial charge < -0.3 is 15.2 Å². The normalized spacial score (nSPS) is 21.4. The second-order valence-corrected chi connectivity index (χ2v) is 6.99. The van der Waals surface area contributed by atoms with Gasteiger partial charge in [0.25, 0.3) is 0 Å². The lowest BCUT2D eigenvalue weighted by Crippen LogP contribution is -2.41. The Kier molecular flexibility index (Phi) is 5.49. The third kappa shape index (κ3) is 3.60. The van der Waals surface area contributed by atoms with Crippen LogP contribution < -0.4 is 11.0 Å². The summed E-state index contributed by atoms with van der Waals surface area (Å²) in [5, 5.41) is 3.32. The van der Waals surface area contributed by atoms with Gasteiger partial charge in [0.1, 0.15) is 0 Å². The summed E-state index contributed by atoms with van der Waals surface area (Å²) in [5.74, 6) is 0.764. The molecule has 4 rings (SSSR count). The number of carbonyl (C=O) groups is 1. The molecule has 2 aliphatic rings. The monoisotopic (exact) mass is 364 g/mol. The number of imidazole rings is 1. The lowest BCUT2D eigenvalue weighted by Gasteiger charge is -2.33. The van der Waals surface area contributed by atoms with Gasteiger partial charge in [-0.1, -0.05) is 12.1 Å². The third-order valence-corrected chi connectivity index (χ3v) is 5.43. The van der Waals surface area contributed by atoms with Crippen molar-refractivity contribution >= 4 is 29.3 Å². The Morgan fingerprint density at radius 1 is 1.16 bits per heavy atom. The molecule has 0 radical (unpaired) electrons. The fourth-order valence-corrected chi connectivity index (χ4v) is 4.07. The molecule has 2 fully saturated rings. The molecule has 0 saturated carbocycles. The van der Waals surface area contributed by atoms with Crippen molar-refractivity contribution in [2.75, 3.05) is 26.2 Å². The highest BCUT2D eigenvalue weighted by molar-refractivity contribution is 5.85. The smallest absolute Gasteiger partial charge is 0.326 e. The Bertz CT molecular complexity index is 786. The van der Waals surface area contributed by atoms with Crippen molar-refractivity contribution in [3.63, 3.8) is 0 Å². The summed E-state index contributed by atoms with van der Waals surface area (Å²) in [6.07, 6.45) is 3.45. The van der Waals surface area contributed by atoms with Crippen molar-refractivity contribution in [3.05, 3.63) is 34.7 Å². The number of likely N-dealkylation sites (tertiary alicyclic amines) is 1. The van der Waals surface area contributed by atoms with Gasteiger partial charge in [0, 0.05) is 25.6 Å². The maximum Gasteiger partial charge on any atom is 0.326 e. The minimum Gasteiger partial charge on any atom is -0.343 e. The van der Waals surface area contributed by atoms with Crippen LogP contribution in [0.5, 0.6) is 0 Å².